The first-order chi connectivity index (χ1) is 11.8. The summed E-state index contributed by atoms with van der Waals surface area (Å²) in [5.41, 5.74) is -0.0224. The van der Waals surface area contributed by atoms with Crippen LogP contribution in [-0.2, 0) is 6.18 Å². The van der Waals surface area contributed by atoms with E-state index in [0.717, 1.165) is 17.8 Å². The highest BCUT2D eigenvalue weighted by molar-refractivity contribution is 7.12. The number of aromatic nitrogens is 2. The topological polar surface area (TPSA) is 55.3 Å². The van der Waals surface area contributed by atoms with E-state index in [9.17, 15) is 18.0 Å². The number of ether oxygens (including phenoxy) is 1. The van der Waals surface area contributed by atoms with Crippen molar-refractivity contribution in [3.8, 4) is 6.01 Å². The molecule has 1 fully saturated rings. The average Bonchev–Trinajstić information content (AvgIpc) is 3.00. The molecule has 3 heterocycles. The number of nitrogens with zero attached hydrogens (tertiary/aromatic N) is 3. The molecule has 0 saturated carbocycles. The highest BCUT2D eigenvalue weighted by atomic mass is 32.1. The summed E-state index contributed by atoms with van der Waals surface area (Å²) in [4.78, 5) is 22.0. The van der Waals surface area contributed by atoms with Crippen LogP contribution in [0.1, 0.15) is 33.8 Å². The summed E-state index contributed by atoms with van der Waals surface area (Å²) < 4.78 is 43.6. The molecule has 2 aromatic rings. The van der Waals surface area contributed by atoms with Crippen molar-refractivity contribution >= 4 is 17.2 Å². The molecule has 0 spiro atoms. The third-order valence-corrected chi connectivity index (χ3v) is 4.84. The number of likely N-dealkylation sites (tertiary alicyclic amines) is 1. The van der Waals surface area contributed by atoms with Gasteiger partial charge in [-0.15, -0.1) is 11.3 Å². The zero-order valence-corrected chi connectivity index (χ0v) is 14.2. The van der Waals surface area contributed by atoms with Gasteiger partial charge in [-0.3, -0.25) is 4.79 Å². The van der Waals surface area contributed by atoms with E-state index < -0.39 is 18.0 Å². The molecule has 2 aromatic heterocycles. The van der Waals surface area contributed by atoms with Gasteiger partial charge in [0.1, 0.15) is 6.10 Å². The van der Waals surface area contributed by atoms with E-state index in [1.165, 1.54) is 11.3 Å². The summed E-state index contributed by atoms with van der Waals surface area (Å²) >= 11 is 1.38. The molecule has 1 unspecified atom stereocenters. The Bertz CT molecular complexity index is 763. The Morgan fingerprint density at radius 3 is 2.92 bits per heavy atom. The van der Waals surface area contributed by atoms with E-state index in [-0.39, 0.29) is 11.9 Å². The number of halogens is 3. The number of carbonyl (C=O) groups excluding carboxylic acids is 1. The SMILES string of the molecule is Cc1csc(C(=O)N2CCCC(Oc3nccc(C(F)(F)F)n3)C2)c1. The quantitative estimate of drug-likeness (QED) is 0.828. The number of aryl methyl sites for hydroxylation is 1. The molecular weight excluding hydrogens is 355 g/mol. The fourth-order valence-electron chi connectivity index (χ4n) is 2.62. The van der Waals surface area contributed by atoms with Gasteiger partial charge >= 0.3 is 12.2 Å². The predicted octanol–water partition coefficient (Wildman–Crippen LogP) is 3.55. The van der Waals surface area contributed by atoms with Gasteiger partial charge < -0.3 is 9.64 Å². The van der Waals surface area contributed by atoms with Crippen LogP contribution in [-0.4, -0.2) is 40.0 Å². The first-order valence-electron chi connectivity index (χ1n) is 7.74. The molecular formula is C16H16F3N3O2S. The minimum atomic E-state index is -4.55. The Morgan fingerprint density at radius 1 is 1.44 bits per heavy atom. The van der Waals surface area contributed by atoms with Gasteiger partial charge in [0, 0.05) is 12.7 Å². The standard InChI is InChI=1S/C16H16F3N3O2S/c1-10-7-12(25-9-10)14(23)22-6-2-3-11(8-22)24-15-20-5-4-13(21-15)16(17,18)19/h4-5,7,9,11H,2-3,6,8H2,1H3. The normalized spacial score (nSPS) is 18.2. The van der Waals surface area contributed by atoms with Crippen LogP contribution in [0.2, 0.25) is 0 Å². The summed E-state index contributed by atoms with van der Waals surface area (Å²) in [6.07, 6.45) is -2.62. The zero-order chi connectivity index (χ0) is 18.0. The lowest BCUT2D eigenvalue weighted by Gasteiger charge is -2.32. The number of rotatable bonds is 3. The fraction of sp³-hybridized carbons (Fsp3) is 0.438. The summed E-state index contributed by atoms with van der Waals surface area (Å²) in [7, 11) is 0. The van der Waals surface area contributed by atoms with Crippen molar-refractivity contribution in [3.05, 3.63) is 39.8 Å². The number of alkyl halides is 3. The zero-order valence-electron chi connectivity index (χ0n) is 13.4. The Morgan fingerprint density at radius 2 is 2.24 bits per heavy atom. The fourth-order valence-corrected chi connectivity index (χ4v) is 3.49. The first kappa shape index (κ1) is 17.7. The molecule has 0 N–H and O–H groups in total. The van der Waals surface area contributed by atoms with E-state index in [2.05, 4.69) is 9.97 Å². The molecule has 1 amide bonds. The second-order valence-corrected chi connectivity index (χ2v) is 6.76. The second-order valence-electron chi connectivity index (χ2n) is 5.84. The third-order valence-electron chi connectivity index (χ3n) is 3.80. The van der Waals surface area contributed by atoms with Crippen molar-refractivity contribution in [2.45, 2.75) is 32.0 Å². The van der Waals surface area contributed by atoms with Gasteiger partial charge in [0.2, 0.25) is 0 Å². The second kappa shape index (κ2) is 6.99. The molecule has 25 heavy (non-hydrogen) atoms. The predicted molar refractivity (Wildman–Crippen MR) is 85.6 cm³/mol. The third kappa shape index (κ3) is 4.28. The Labute approximate surface area is 146 Å². The lowest BCUT2D eigenvalue weighted by Crippen LogP contribution is -2.44. The summed E-state index contributed by atoms with van der Waals surface area (Å²) in [5.74, 6) is -0.0867. The van der Waals surface area contributed by atoms with Crippen molar-refractivity contribution in [2.24, 2.45) is 0 Å². The van der Waals surface area contributed by atoms with Crippen molar-refractivity contribution < 1.29 is 22.7 Å². The molecule has 5 nitrogen and oxygen atoms in total. The maximum atomic E-state index is 12.7. The number of thiophene rings is 1. The van der Waals surface area contributed by atoms with Crippen LogP contribution < -0.4 is 4.74 Å². The smallest absolute Gasteiger partial charge is 0.433 e. The van der Waals surface area contributed by atoms with E-state index in [1.54, 1.807) is 4.90 Å². The van der Waals surface area contributed by atoms with Crippen molar-refractivity contribution in [1.82, 2.24) is 14.9 Å². The summed E-state index contributed by atoms with van der Waals surface area (Å²) in [6, 6.07) is 2.30. The molecule has 1 atom stereocenters. The molecule has 1 aliphatic rings. The lowest BCUT2D eigenvalue weighted by molar-refractivity contribution is -0.141. The largest absolute Gasteiger partial charge is 0.458 e. The van der Waals surface area contributed by atoms with E-state index in [1.807, 2.05) is 18.4 Å². The van der Waals surface area contributed by atoms with Gasteiger partial charge in [0.15, 0.2) is 5.69 Å². The van der Waals surface area contributed by atoms with E-state index >= 15 is 0 Å². The summed E-state index contributed by atoms with van der Waals surface area (Å²) in [5, 5.41) is 1.90. The number of amides is 1. The number of piperidine rings is 1. The minimum absolute atomic E-state index is 0.0867. The van der Waals surface area contributed by atoms with Gasteiger partial charge in [0.25, 0.3) is 5.91 Å². The summed E-state index contributed by atoms with van der Waals surface area (Å²) in [6.45, 7) is 2.81. The average molecular weight is 371 g/mol. The molecule has 0 aliphatic carbocycles. The molecule has 134 valence electrons. The molecule has 0 aromatic carbocycles. The molecule has 1 saturated heterocycles. The van der Waals surface area contributed by atoms with Crippen LogP contribution in [0.5, 0.6) is 6.01 Å². The molecule has 1 aliphatic heterocycles. The Kier molecular flexibility index (Phi) is 4.94. The van der Waals surface area contributed by atoms with Crippen molar-refractivity contribution in [3.63, 3.8) is 0 Å². The van der Waals surface area contributed by atoms with Gasteiger partial charge in [-0.1, -0.05) is 0 Å². The van der Waals surface area contributed by atoms with E-state index in [4.69, 9.17) is 4.74 Å². The van der Waals surface area contributed by atoms with Crippen LogP contribution >= 0.6 is 11.3 Å². The first-order valence-corrected chi connectivity index (χ1v) is 8.62. The molecule has 3 rings (SSSR count). The van der Waals surface area contributed by atoms with Crippen molar-refractivity contribution in [2.75, 3.05) is 13.1 Å². The lowest BCUT2D eigenvalue weighted by atomic mass is 10.1. The van der Waals surface area contributed by atoms with Gasteiger partial charge in [-0.2, -0.15) is 18.2 Å². The van der Waals surface area contributed by atoms with Gasteiger partial charge in [0.05, 0.1) is 11.4 Å². The molecule has 0 bridgehead atoms. The van der Waals surface area contributed by atoms with Gasteiger partial charge in [-0.05, 0) is 42.8 Å². The van der Waals surface area contributed by atoms with Crippen LogP contribution in [0.25, 0.3) is 0 Å². The Hall–Kier alpha value is -2.16. The minimum Gasteiger partial charge on any atom is -0.458 e. The maximum Gasteiger partial charge on any atom is 0.433 e. The molecule has 0 radical (unpaired) electrons. The number of hydrogen-bond acceptors (Lipinski definition) is 5. The monoisotopic (exact) mass is 371 g/mol. The van der Waals surface area contributed by atoms with Crippen LogP contribution in [0.15, 0.2) is 23.7 Å². The van der Waals surface area contributed by atoms with Crippen LogP contribution in [0.4, 0.5) is 13.2 Å². The number of carbonyl (C=O) groups is 1. The highest BCUT2D eigenvalue weighted by Crippen LogP contribution is 2.28. The van der Waals surface area contributed by atoms with Gasteiger partial charge in [-0.25, -0.2) is 4.98 Å². The van der Waals surface area contributed by atoms with Crippen LogP contribution in [0.3, 0.4) is 0 Å². The van der Waals surface area contributed by atoms with Crippen LogP contribution in [0, 0.1) is 6.92 Å². The van der Waals surface area contributed by atoms with E-state index in [0.29, 0.717) is 30.8 Å². The Balaban J connectivity index is 1.67. The number of hydrogen-bond donors (Lipinski definition) is 0. The maximum absolute atomic E-state index is 12.7. The molecule has 9 heteroatoms. The van der Waals surface area contributed by atoms with Crippen molar-refractivity contribution in [1.29, 1.82) is 0 Å². The highest BCUT2D eigenvalue weighted by Gasteiger charge is 2.33.